The second kappa shape index (κ2) is 7.84. The van der Waals surface area contributed by atoms with E-state index >= 15 is 0 Å². The van der Waals surface area contributed by atoms with Gasteiger partial charge in [0, 0.05) is 6.04 Å². The lowest BCUT2D eigenvalue weighted by Crippen LogP contribution is -2.19. The molecule has 2 atom stereocenters. The van der Waals surface area contributed by atoms with Crippen molar-refractivity contribution in [3.8, 4) is 5.75 Å². The molecule has 0 aromatic heterocycles. The Bertz CT molecular complexity index is 521. The van der Waals surface area contributed by atoms with Gasteiger partial charge in [-0.3, -0.25) is 0 Å². The molecule has 2 nitrogen and oxygen atoms in total. The monoisotopic (exact) mass is 283 g/mol. The van der Waals surface area contributed by atoms with E-state index in [1.54, 1.807) is 0 Å². The lowest BCUT2D eigenvalue weighted by molar-refractivity contribution is 0.227. The van der Waals surface area contributed by atoms with Crippen LogP contribution < -0.4 is 10.1 Å². The first kappa shape index (κ1) is 15.6. The Morgan fingerprint density at radius 3 is 2.19 bits per heavy atom. The minimum atomic E-state index is 0.0627. The highest BCUT2D eigenvalue weighted by Gasteiger charge is 2.08. The Balaban J connectivity index is 1.96. The third kappa shape index (κ3) is 4.61. The van der Waals surface area contributed by atoms with Crippen LogP contribution >= 0.6 is 0 Å². The Morgan fingerprint density at radius 1 is 0.905 bits per heavy atom. The van der Waals surface area contributed by atoms with Crippen molar-refractivity contribution in [3.63, 3.8) is 0 Å². The van der Waals surface area contributed by atoms with Crippen molar-refractivity contribution in [2.45, 2.75) is 39.3 Å². The number of hydrogen-bond donors (Lipinski definition) is 1. The predicted molar refractivity (Wildman–Crippen MR) is 88.6 cm³/mol. The summed E-state index contributed by atoms with van der Waals surface area (Å²) in [5.74, 6) is 0.915. The molecular weight excluding hydrogens is 258 g/mol. The van der Waals surface area contributed by atoms with Gasteiger partial charge in [-0.2, -0.15) is 0 Å². The standard InChI is InChI=1S/C19H25NO/c1-4-14-20-15(2)17-10-12-19(13-11-17)21-16(3)18-8-6-5-7-9-18/h5-13,15-16,20H,4,14H2,1-3H3. The summed E-state index contributed by atoms with van der Waals surface area (Å²) in [6.45, 7) is 7.50. The first-order valence-corrected chi connectivity index (χ1v) is 7.75. The number of rotatable bonds is 7. The van der Waals surface area contributed by atoms with Gasteiger partial charge in [-0.15, -0.1) is 0 Å². The average molecular weight is 283 g/mol. The van der Waals surface area contributed by atoms with Gasteiger partial charge in [0.15, 0.2) is 0 Å². The molecule has 0 amide bonds. The number of hydrogen-bond acceptors (Lipinski definition) is 2. The maximum absolute atomic E-state index is 6.00. The molecule has 0 saturated heterocycles. The van der Waals surface area contributed by atoms with Crippen LogP contribution in [0.1, 0.15) is 50.5 Å². The maximum Gasteiger partial charge on any atom is 0.121 e. The fourth-order valence-corrected chi connectivity index (χ4v) is 2.31. The van der Waals surface area contributed by atoms with Gasteiger partial charge in [-0.1, -0.05) is 49.4 Å². The Hall–Kier alpha value is -1.80. The first-order valence-electron chi connectivity index (χ1n) is 7.75. The van der Waals surface area contributed by atoms with Crippen LogP contribution in [0, 0.1) is 0 Å². The van der Waals surface area contributed by atoms with Crippen LogP contribution in [-0.2, 0) is 0 Å². The normalized spacial score (nSPS) is 13.7. The summed E-state index contributed by atoms with van der Waals surface area (Å²) in [5.41, 5.74) is 2.49. The minimum absolute atomic E-state index is 0.0627. The van der Waals surface area contributed by atoms with E-state index in [1.807, 2.05) is 18.2 Å². The molecule has 0 aliphatic carbocycles. The second-order valence-electron chi connectivity index (χ2n) is 5.42. The fourth-order valence-electron chi connectivity index (χ4n) is 2.31. The summed E-state index contributed by atoms with van der Waals surface area (Å²) in [6.07, 6.45) is 1.22. The van der Waals surface area contributed by atoms with E-state index in [9.17, 15) is 0 Å². The van der Waals surface area contributed by atoms with Crippen molar-refractivity contribution in [3.05, 3.63) is 65.7 Å². The molecule has 0 bridgehead atoms. The van der Waals surface area contributed by atoms with Gasteiger partial charge in [0.2, 0.25) is 0 Å². The van der Waals surface area contributed by atoms with Crippen molar-refractivity contribution in [1.82, 2.24) is 5.32 Å². The fraction of sp³-hybridized carbons (Fsp3) is 0.368. The molecular formula is C19H25NO. The summed E-state index contributed by atoms with van der Waals surface area (Å²) >= 11 is 0. The van der Waals surface area contributed by atoms with Gasteiger partial charge in [0.05, 0.1) is 0 Å². The molecule has 0 aliphatic heterocycles. The van der Waals surface area contributed by atoms with Crippen molar-refractivity contribution in [1.29, 1.82) is 0 Å². The van der Waals surface area contributed by atoms with Gasteiger partial charge in [-0.25, -0.2) is 0 Å². The van der Waals surface area contributed by atoms with Crippen molar-refractivity contribution >= 4 is 0 Å². The van der Waals surface area contributed by atoms with E-state index in [4.69, 9.17) is 4.74 Å². The van der Waals surface area contributed by atoms with Crippen LogP contribution in [0.5, 0.6) is 5.75 Å². The smallest absolute Gasteiger partial charge is 0.121 e. The third-order valence-corrected chi connectivity index (χ3v) is 3.66. The molecule has 0 radical (unpaired) electrons. The SMILES string of the molecule is CCCNC(C)c1ccc(OC(C)c2ccccc2)cc1. The highest BCUT2D eigenvalue weighted by Crippen LogP contribution is 2.23. The lowest BCUT2D eigenvalue weighted by Gasteiger charge is -2.17. The Kier molecular flexibility index (Phi) is 5.82. The van der Waals surface area contributed by atoms with Crippen LogP contribution in [-0.4, -0.2) is 6.54 Å². The van der Waals surface area contributed by atoms with Crippen LogP contribution in [0.4, 0.5) is 0 Å². The van der Waals surface area contributed by atoms with Gasteiger partial charge >= 0.3 is 0 Å². The molecule has 112 valence electrons. The van der Waals surface area contributed by atoms with Crippen LogP contribution in [0.2, 0.25) is 0 Å². The highest BCUT2D eigenvalue weighted by atomic mass is 16.5. The number of nitrogens with one attached hydrogen (secondary N) is 1. The quantitative estimate of drug-likeness (QED) is 0.781. The molecule has 2 heteroatoms. The molecule has 0 aliphatic rings. The van der Waals surface area contributed by atoms with Crippen LogP contribution in [0.3, 0.4) is 0 Å². The summed E-state index contributed by atoms with van der Waals surface area (Å²) < 4.78 is 6.00. The summed E-state index contributed by atoms with van der Waals surface area (Å²) in [5, 5.41) is 3.49. The highest BCUT2D eigenvalue weighted by molar-refractivity contribution is 5.30. The summed E-state index contributed by atoms with van der Waals surface area (Å²) in [7, 11) is 0. The average Bonchev–Trinajstić information content (AvgIpc) is 2.54. The largest absolute Gasteiger partial charge is 0.486 e. The number of benzene rings is 2. The molecule has 0 spiro atoms. The molecule has 2 aromatic rings. The van der Waals surface area contributed by atoms with Crippen molar-refractivity contribution < 1.29 is 4.74 Å². The predicted octanol–water partition coefficient (Wildman–Crippen LogP) is 4.89. The molecule has 0 saturated carbocycles. The summed E-state index contributed by atoms with van der Waals surface area (Å²) in [4.78, 5) is 0. The molecule has 0 fully saturated rings. The van der Waals surface area contributed by atoms with E-state index in [1.165, 1.54) is 11.1 Å². The molecule has 1 N–H and O–H groups in total. The summed E-state index contributed by atoms with van der Waals surface area (Å²) in [6, 6.07) is 19.1. The maximum atomic E-state index is 6.00. The molecule has 0 heterocycles. The third-order valence-electron chi connectivity index (χ3n) is 3.66. The van der Waals surface area contributed by atoms with Crippen molar-refractivity contribution in [2.75, 3.05) is 6.54 Å². The van der Waals surface area contributed by atoms with E-state index < -0.39 is 0 Å². The second-order valence-corrected chi connectivity index (χ2v) is 5.42. The van der Waals surface area contributed by atoms with Crippen molar-refractivity contribution in [2.24, 2.45) is 0 Å². The zero-order valence-corrected chi connectivity index (χ0v) is 13.2. The topological polar surface area (TPSA) is 21.3 Å². The van der Waals surface area contributed by atoms with E-state index in [0.29, 0.717) is 6.04 Å². The first-order chi connectivity index (χ1) is 10.2. The Labute approximate surface area is 128 Å². The molecule has 2 aromatic carbocycles. The van der Waals surface area contributed by atoms with Gasteiger partial charge in [0.1, 0.15) is 11.9 Å². The van der Waals surface area contributed by atoms with E-state index in [0.717, 1.165) is 18.7 Å². The van der Waals surface area contributed by atoms with E-state index in [2.05, 4.69) is 62.5 Å². The minimum Gasteiger partial charge on any atom is -0.486 e. The van der Waals surface area contributed by atoms with Gasteiger partial charge < -0.3 is 10.1 Å². The number of ether oxygens (including phenoxy) is 1. The van der Waals surface area contributed by atoms with E-state index in [-0.39, 0.29) is 6.10 Å². The van der Waals surface area contributed by atoms with Crippen LogP contribution in [0.25, 0.3) is 0 Å². The zero-order valence-electron chi connectivity index (χ0n) is 13.2. The Morgan fingerprint density at radius 2 is 1.57 bits per heavy atom. The molecule has 2 rings (SSSR count). The van der Waals surface area contributed by atoms with Gasteiger partial charge in [-0.05, 0) is 50.1 Å². The molecule has 21 heavy (non-hydrogen) atoms. The van der Waals surface area contributed by atoms with Gasteiger partial charge in [0.25, 0.3) is 0 Å². The molecule has 2 unspecified atom stereocenters. The zero-order chi connectivity index (χ0) is 15.1. The lowest BCUT2D eigenvalue weighted by atomic mass is 10.1. The van der Waals surface area contributed by atoms with Crippen LogP contribution in [0.15, 0.2) is 54.6 Å².